The maximum Gasteiger partial charge on any atom is 0.326 e. The Bertz CT molecular complexity index is 776. The number of nitrogens with zero attached hydrogens (tertiary/aromatic N) is 2. The van der Waals surface area contributed by atoms with Crippen LogP contribution in [-0.4, -0.2) is 45.2 Å². The van der Waals surface area contributed by atoms with Gasteiger partial charge < -0.3 is 15.0 Å². The molecule has 0 spiro atoms. The molecule has 2 N–H and O–H groups in total. The van der Waals surface area contributed by atoms with Crippen molar-refractivity contribution in [2.24, 2.45) is 12.5 Å². The molecule has 1 amide bonds. The van der Waals surface area contributed by atoms with E-state index in [-0.39, 0.29) is 23.6 Å². The highest BCUT2D eigenvalue weighted by Gasteiger charge is 2.34. The number of amides is 1. The normalized spacial score (nSPS) is 17.6. The monoisotopic (exact) mass is 317 g/mol. The first-order chi connectivity index (χ1) is 11.0. The Balaban J connectivity index is 1.80. The van der Waals surface area contributed by atoms with Gasteiger partial charge in [-0.3, -0.25) is 9.36 Å². The molecule has 2 heterocycles. The van der Waals surface area contributed by atoms with Gasteiger partial charge in [0.25, 0.3) is 5.91 Å². The molecule has 23 heavy (non-hydrogen) atoms. The molecule has 2 aromatic rings. The van der Waals surface area contributed by atoms with Crippen LogP contribution in [0.2, 0.25) is 0 Å². The third kappa shape index (κ3) is 2.67. The quantitative estimate of drug-likeness (QED) is 0.900. The zero-order valence-corrected chi connectivity index (χ0v) is 13.6. The highest BCUT2D eigenvalue weighted by atomic mass is 16.3. The number of piperidine rings is 1. The van der Waals surface area contributed by atoms with Gasteiger partial charge in [0, 0.05) is 32.3 Å². The summed E-state index contributed by atoms with van der Waals surface area (Å²) < 4.78 is 1.53. The lowest BCUT2D eigenvalue weighted by atomic mass is 9.77. The van der Waals surface area contributed by atoms with Gasteiger partial charge in [-0.1, -0.05) is 6.92 Å². The number of imidazole rings is 1. The van der Waals surface area contributed by atoms with E-state index < -0.39 is 0 Å². The number of likely N-dealkylation sites (tertiary alicyclic amines) is 1. The Kier molecular flexibility index (Phi) is 4.02. The second-order valence-electron chi connectivity index (χ2n) is 6.52. The number of hydrogen-bond acceptors (Lipinski definition) is 3. The zero-order chi connectivity index (χ0) is 16.6. The van der Waals surface area contributed by atoms with E-state index in [4.69, 9.17) is 0 Å². The van der Waals surface area contributed by atoms with Crippen LogP contribution in [0.25, 0.3) is 11.0 Å². The van der Waals surface area contributed by atoms with Crippen molar-refractivity contribution in [2.75, 3.05) is 19.7 Å². The minimum Gasteiger partial charge on any atom is -0.396 e. The molecule has 1 aliphatic heterocycles. The SMILES string of the molecule is CCC1(CO)CCN(C(=O)c2ccc3c(c2)[nH]c(=O)n3C)CC1. The summed E-state index contributed by atoms with van der Waals surface area (Å²) in [6.45, 7) is 3.60. The fraction of sp³-hybridized carbons (Fsp3) is 0.529. The first kappa shape index (κ1) is 15.8. The van der Waals surface area contributed by atoms with Gasteiger partial charge in [0.15, 0.2) is 0 Å². The topological polar surface area (TPSA) is 78.3 Å². The van der Waals surface area contributed by atoms with Gasteiger partial charge in [-0.05, 0) is 42.9 Å². The number of aliphatic hydroxyl groups excluding tert-OH is 1. The summed E-state index contributed by atoms with van der Waals surface area (Å²) >= 11 is 0. The van der Waals surface area contributed by atoms with E-state index in [0.717, 1.165) is 24.8 Å². The summed E-state index contributed by atoms with van der Waals surface area (Å²) in [5.74, 6) is -0.0146. The number of nitrogens with one attached hydrogen (secondary N) is 1. The van der Waals surface area contributed by atoms with Gasteiger partial charge in [-0.2, -0.15) is 0 Å². The van der Waals surface area contributed by atoms with E-state index in [9.17, 15) is 14.7 Å². The first-order valence-corrected chi connectivity index (χ1v) is 8.08. The van der Waals surface area contributed by atoms with Crippen LogP contribution >= 0.6 is 0 Å². The lowest BCUT2D eigenvalue weighted by Gasteiger charge is -2.40. The predicted octanol–water partition coefficient (Wildman–Crippen LogP) is 1.49. The maximum atomic E-state index is 12.7. The molecule has 124 valence electrons. The van der Waals surface area contributed by atoms with Crippen molar-refractivity contribution in [3.05, 3.63) is 34.2 Å². The molecule has 1 aliphatic rings. The molecule has 0 saturated carbocycles. The molecule has 1 aromatic carbocycles. The van der Waals surface area contributed by atoms with Crippen LogP contribution in [0.4, 0.5) is 0 Å². The molecule has 6 nitrogen and oxygen atoms in total. The average molecular weight is 317 g/mol. The molecular formula is C17H23N3O3. The van der Waals surface area contributed by atoms with Crippen molar-refractivity contribution >= 4 is 16.9 Å². The molecule has 1 fully saturated rings. The molecule has 0 atom stereocenters. The van der Waals surface area contributed by atoms with Gasteiger partial charge in [0.2, 0.25) is 0 Å². The number of hydrogen-bond donors (Lipinski definition) is 2. The number of fused-ring (bicyclic) bond motifs is 1. The lowest BCUT2D eigenvalue weighted by Crippen LogP contribution is -2.44. The number of carbonyl (C=O) groups excluding carboxylic acids is 1. The van der Waals surface area contributed by atoms with Crippen LogP contribution in [0.5, 0.6) is 0 Å². The van der Waals surface area contributed by atoms with Gasteiger partial charge in [0.1, 0.15) is 0 Å². The first-order valence-electron chi connectivity index (χ1n) is 8.08. The molecular weight excluding hydrogens is 294 g/mol. The Labute approximate surface area is 134 Å². The number of aryl methyl sites for hydroxylation is 1. The molecule has 6 heteroatoms. The van der Waals surface area contributed by atoms with Crippen molar-refractivity contribution < 1.29 is 9.90 Å². The summed E-state index contributed by atoms with van der Waals surface area (Å²) in [5.41, 5.74) is 1.84. The fourth-order valence-corrected chi connectivity index (χ4v) is 3.36. The maximum absolute atomic E-state index is 12.7. The smallest absolute Gasteiger partial charge is 0.326 e. The Hall–Kier alpha value is -2.08. The van der Waals surface area contributed by atoms with Crippen molar-refractivity contribution in [2.45, 2.75) is 26.2 Å². The number of carbonyl (C=O) groups is 1. The van der Waals surface area contributed by atoms with Crippen LogP contribution < -0.4 is 5.69 Å². The predicted molar refractivity (Wildman–Crippen MR) is 88.5 cm³/mol. The molecule has 0 aliphatic carbocycles. The highest BCUT2D eigenvalue weighted by Crippen LogP contribution is 2.34. The van der Waals surface area contributed by atoms with Gasteiger partial charge in [-0.25, -0.2) is 4.79 Å². The van der Waals surface area contributed by atoms with Gasteiger partial charge in [0.05, 0.1) is 11.0 Å². The summed E-state index contributed by atoms with van der Waals surface area (Å²) in [6.07, 6.45) is 2.59. The standard InChI is InChI=1S/C17H23N3O3/c1-3-17(11-21)6-8-20(9-7-17)15(22)12-4-5-14-13(10-12)18-16(23)19(14)2/h4-5,10,21H,3,6-9,11H2,1-2H3,(H,18,23). The van der Waals surface area contributed by atoms with E-state index in [1.54, 1.807) is 25.2 Å². The Morgan fingerprint density at radius 1 is 1.35 bits per heavy atom. The number of aromatic amines is 1. The number of rotatable bonds is 3. The van der Waals surface area contributed by atoms with E-state index in [2.05, 4.69) is 11.9 Å². The molecule has 1 aromatic heterocycles. The average Bonchev–Trinajstić information content (AvgIpc) is 2.88. The highest BCUT2D eigenvalue weighted by molar-refractivity contribution is 5.97. The van der Waals surface area contributed by atoms with E-state index >= 15 is 0 Å². The second kappa shape index (κ2) is 5.85. The molecule has 0 radical (unpaired) electrons. The summed E-state index contributed by atoms with van der Waals surface area (Å²) in [6, 6.07) is 5.31. The Morgan fingerprint density at radius 2 is 2.04 bits per heavy atom. The Morgan fingerprint density at radius 3 is 2.65 bits per heavy atom. The van der Waals surface area contributed by atoms with Crippen molar-refractivity contribution in [3.63, 3.8) is 0 Å². The number of aromatic nitrogens is 2. The van der Waals surface area contributed by atoms with E-state index in [1.807, 2.05) is 4.90 Å². The van der Waals surface area contributed by atoms with E-state index in [0.29, 0.717) is 24.2 Å². The lowest BCUT2D eigenvalue weighted by molar-refractivity contribution is 0.0338. The second-order valence-corrected chi connectivity index (χ2v) is 6.52. The number of benzene rings is 1. The van der Waals surface area contributed by atoms with Crippen LogP contribution in [-0.2, 0) is 7.05 Å². The molecule has 1 saturated heterocycles. The largest absolute Gasteiger partial charge is 0.396 e. The van der Waals surface area contributed by atoms with Gasteiger partial charge in [-0.15, -0.1) is 0 Å². The number of aliphatic hydroxyl groups is 1. The van der Waals surface area contributed by atoms with Crippen molar-refractivity contribution in [1.82, 2.24) is 14.5 Å². The van der Waals surface area contributed by atoms with Gasteiger partial charge >= 0.3 is 5.69 Å². The summed E-state index contributed by atoms with van der Waals surface area (Å²) in [5, 5.41) is 9.59. The third-order valence-electron chi connectivity index (χ3n) is 5.35. The summed E-state index contributed by atoms with van der Waals surface area (Å²) in [7, 11) is 1.70. The zero-order valence-electron chi connectivity index (χ0n) is 13.6. The van der Waals surface area contributed by atoms with E-state index in [1.165, 1.54) is 4.57 Å². The molecule has 0 bridgehead atoms. The number of H-pyrrole nitrogens is 1. The third-order valence-corrected chi connectivity index (χ3v) is 5.35. The van der Waals surface area contributed by atoms with Crippen LogP contribution in [0, 0.1) is 5.41 Å². The minimum absolute atomic E-state index is 0.0146. The summed E-state index contributed by atoms with van der Waals surface area (Å²) in [4.78, 5) is 28.9. The van der Waals surface area contributed by atoms with Crippen LogP contribution in [0.3, 0.4) is 0 Å². The fourth-order valence-electron chi connectivity index (χ4n) is 3.36. The minimum atomic E-state index is -0.182. The molecule has 3 rings (SSSR count). The van der Waals surface area contributed by atoms with Crippen molar-refractivity contribution in [1.29, 1.82) is 0 Å². The van der Waals surface area contributed by atoms with Crippen LogP contribution in [0.15, 0.2) is 23.0 Å². The van der Waals surface area contributed by atoms with Crippen LogP contribution in [0.1, 0.15) is 36.5 Å². The molecule has 0 unspecified atom stereocenters. The van der Waals surface area contributed by atoms with Crippen molar-refractivity contribution in [3.8, 4) is 0 Å².